The van der Waals surface area contributed by atoms with E-state index in [1.165, 1.54) is 0 Å². The normalized spacial score (nSPS) is 28.6. The number of thiocarbonyl (C=S) groups is 1. The van der Waals surface area contributed by atoms with Crippen molar-refractivity contribution in [2.45, 2.75) is 32.0 Å². The molecule has 0 amide bonds. The lowest BCUT2D eigenvalue weighted by Crippen LogP contribution is -2.62. The van der Waals surface area contributed by atoms with E-state index in [1.54, 1.807) is 0 Å². The van der Waals surface area contributed by atoms with E-state index < -0.39 is 5.72 Å². The summed E-state index contributed by atoms with van der Waals surface area (Å²) < 4.78 is 11.7. The highest BCUT2D eigenvalue weighted by Gasteiger charge is 2.43. The zero-order valence-electron chi connectivity index (χ0n) is 10.4. The highest BCUT2D eigenvalue weighted by molar-refractivity contribution is 7.80. The van der Waals surface area contributed by atoms with Gasteiger partial charge < -0.3 is 20.1 Å². The van der Waals surface area contributed by atoms with Gasteiger partial charge in [0.15, 0.2) is 22.3 Å². The fourth-order valence-corrected chi connectivity index (χ4v) is 2.95. The highest BCUT2D eigenvalue weighted by Crippen LogP contribution is 2.45. The number of fused-ring (bicyclic) bond motifs is 4. The molecule has 3 rings (SSSR count). The molecule has 1 aromatic carbocycles. The predicted octanol–water partition coefficient (Wildman–Crippen LogP) is 2.10. The van der Waals surface area contributed by atoms with Gasteiger partial charge in [0.2, 0.25) is 0 Å². The fourth-order valence-electron chi connectivity index (χ4n) is 2.59. The van der Waals surface area contributed by atoms with Crippen molar-refractivity contribution in [3.8, 4) is 11.5 Å². The Morgan fingerprint density at radius 3 is 3.17 bits per heavy atom. The van der Waals surface area contributed by atoms with Crippen LogP contribution >= 0.6 is 12.2 Å². The third kappa shape index (κ3) is 1.79. The van der Waals surface area contributed by atoms with Crippen LogP contribution < -0.4 is 20.1 Å². The molecule has 4 nitrogen and oxygen atoms in total. The van der Waals surface area contributed by atoms with Crippen molar-refractivity contribution < 1.29 is 9.47 Å². The van der Waals surface area contributed by atoms with Crippen LogP contribution in [0, 0.1) is 0 Å². The number of benzene rings is 1. The van der Waals surface area contributed by atoms with E-state index in [-0.39, 0.29) is 6.04 Å². The summed E-state index contributed by atoms with van der Waals surface area (Å²) in [5, 5.41) is 7.10. The highest BCUT2D eigenvalue weighted by atomic mass is 32.1. The van der Waals surface area contributed by atoms with Crippen molar-refractivity contribution in [1.29, 1.82) is 0 Å². The summed E-state index contributed by atoms with van der Waals surface area (Å²) in [5.74, 6) is 1.61. The standard InChI is InChI=1S/C13H16N2O2S/c1-3-16-10-6-4-5-8-9-7-13(2,17-11(8)10)15-12(18)14-9/h4-6,9H,3,7H2,1-2H3,(H2,14,15,18)/t9-,13+/m0/s1. The molecule has 2 aliphatic heterocycles. The maximum Gasteiger partial charge on any atom is 0.182 e. The maximum absolute atomic E-state index is 6.08. The Balaban J connectivity index is 2.07. The van der Waals surface area contributed by atoms with Crippen LogP contribution in [0.1, 0.15) is 31.9 Å². The fraction of sp³-hybridized carbons (Fsp3) is 0.462. The van der Waals surface area contributed by atoms with Crippen LogP contribution in [-0.4, -0.2) is 17.4 Å². The average Bonchev–Trinajstić information content (AvgIpc) is 2.29. The number of para-hydroxylation sites is 1. The third-order valence-corrected chi connectivity index (χ3v) is 3.51. The third-order valence-electron chi connectivity index (χ3n) is 3.29. The lowest BCUT2D eigenvalue weighted by molar-refractivity contribution is 0.0216. The lowest BCUT2D eigenvalue weighted by atomic mass is 9.91. The molecule has 1 aromatic rings. The van der Waals surface area contributed by atoms with E-state index in [4.69, 9.17) is 21.7 Å². The molecule has 0 saturated carbocycles. The summed E-state index contributed by atoms with van der Waals surface area (Å²) in [6.45, 7) is 4.61. The topological polar surface area (TPSA) is 42.5 Å². The van der Waals surface area contributed by atoms with Gasteiger partial charge >= 0.3 is 0 Å². The first kappa shape index (κ1) is 11.6. The number of hydrogen-bond acceptors (Lipinski definition) is 3. The molecule has 1 fully saturated rings. The SMILES string of the molecule is CCOc1cccc2c1O[C@]1(C)C[C@@H]2NC(=S)N1. The molecule has 2 atom stereocenters. The average molecular weight is 264 g/mol. The first-order chi connectivity index (χ1) is 8.61. The number of rotatable bonds is 2. The minimum absolute atomic E-state index is 0.188. The second-order valence-corrected chi connectivity index (χ2v) is 5.20. The molecule has 2 N–H and O–H groups in total. The molecular weight excluding hydrogens is 248 g/mol. The number of hydrogen-bond donors (Lipinski definition) is 2. The molecule has 0 aromatic heterocycles. The molecule has 5 heteroatoms. The molecule has 0 spiro atoms. The van der Waals surface area contributed by atoms with E-state index in [0.29, 0.717) is 11.7 Å². The molecule has 18 heavy (non-hydrogen) atoms. The maximum atomic E-state index is 6.08. The van der Waals surface area contributed by atoms with Gasteiger partial charge in [-0.2, -0.15) is 0 Å². The van der Waals surface area contributed by atoms with Gasteiger partial charge in [-0.05, 0) is 32.1 Å². The number of nitrogens with one attached hydrogen (secondary N) is 2. The van der Waals surface area contributed by atoms with Gasteiger partial charge in [-0.3, -0.25) is 0 Å². The number of ether oxygens (including phenoxy) is 2. The summed E-state index contributed by atoms with van der Waals surface area (Å²) >= 11 is 5.21. The molecule has 2 bridgehead atoms. The van der Waals surface area contributed by atoms with Gasteiger partial charge in [0.1, 0.15) is 0 Å². The van der Waals surface area contributed by atoms with Crippen molar-refractivity contribution in [1.82, 2.24) is 10.6 Å². The van der Waals surface area contributed by atoms with Crippen molar-refractivity contribution >= 4 is 17.3 Å². The van der Waals surface area contributed by atoms with E-state index in [0.717, 1.165) is 23.5 Å². The molecule has 2 aliphatic rings. The minimum atomic E-state index is -0.451. The Kier molecular flexibility index (Phi) is 2.59. The first-order valence-electron chi connectivity index (χ1n) is 6.15. The van der Waals surface area contributed by atoms with Crippen LogP contribution in [0.4, 0.5) is 0 Å². The Morgan fingerprint density at radius 1 is 1.56 bits per heavy atom. The Hall–Kier alpha value is -1.49. The van der Waals surface area contributed by atoms with Crippen LogP contribution in [0.5, 0.6) is 11.5 Å². The molecule has 2 heterocycles. The second kappa shape index (κ2) is 4.02. The monoisotopic (exact) mass is 264 g/mol. The van der Waals surface area contributed by atoms with Gasteiger partial charge in [-0.15, -0.1) is 0 Å². The van der Waals surface area contributed by atoms with Gasteiger partial charge in [0.25, 0.3) is 0 Å². The van der Waals surface area contributed by atoms with E-state index in [2.05, 4.69) is 16.7 Å². The van der Waals surface area contributed by atoms with Crippen molar-refractivity contribution in [2.24, 2.45) is 0 Å². The van der Waals surface area contributed by atoms with Crippen LogP contribution in [-0.2, 0) is 0 Å². The molecular formula is C13H16N2O2S. The van der Waals surface area contributed by atoms with Crippen molar-refractivity contribution in [3.63, 3.8) is 0 Å². The lowest BCUT2D eigenvalue weighted by Gasteiger charge is -2.45. The van der Waals surface area contributed by atoms with E-state index in [9.17, 15) is 0 Å². The summed E-state index contributed by atoms with van der Waals surface area (Å²) in [4.78, 5) is 0. The van der Waals surface area contributed by atoms with Crippen molar-refractivity contribution in [2.75, 3.05) is 6.61 Å². The quantitative estimate of drug-likeness (QED) is 0.801. The van der Waals surface area contributed by atoms with Crippen LogP contribution in [0.25, 0.3) is 0 Å². The largest absolute Gasteiger partial charge is 0.490 e. The molecule has 96 valence electrons. The minimum Gasteiger partial charge on any atom is -0.490 e. The smallest absolute Gasteiger partial charge is 0.182 e. The van der Waals surface area contributed by atoms with Gasteiger partial charge in [-0.25, -0.2) is 0 Å². The second-order valence-electron chi connectivity index (χ2n) is 4.80. The zero-order valence-corrected chi connectivity index (χ0v) is 11.3. The van der Waals surface area contributed by atoms with Crippen LogP contribution in [0.3, 0.4) is 0 Å². The zero-order chi connectivity index (χ0) is 12.8. The Morgan fingerprint density at radius 2 is 2.39 bits per heavy atom. The van der Waals surface area contributed by atoms with Gasteiger partial charge in [0, 0.05) is 12.0 Å². The van der Waals surface area contributed by atoms with Gasteiger partial charge in [-0.1, -0.05) is 12.1 Å². The van der Waals surface area contributed by atoms with E-state index in [1.807, 2.05) is 26.0 Å². The van der Waals surface area contributed by atoms with Crippen LogP contribution in [0.2, 0.25) is 0 Å². The molecule has 1 saturated heterocycles. The summed E-state index contributed by atoms with van der Waals surface area (Å²) in [6.07, 6.45) is 0.843. The summed E-state index contributed by atoms with van der Waals surface area (Å²) in [5.41, 5.74) is 0.662. The van der Waals surface area contributed by atoms with E-state index >= 15 is 0 Å². The van der Waals surface area contributed by atoms with Crippen molar-refractivity contribution in [3.05, 3.63) is 23.8 Å². The molecule has 0 aliphatic carbocycles. The Labute approximate surface area is 112 Å². The molecule has 0 unspecified atom stereocenters. The van der Waals surface area contributed by atoms with Gasteiger partial charge in [0.05, 0.1) is 12.6 Å². The van der Waals surface area contributed by atoms with Crippen LogP contribution in [0.15, 0.2) is 18.2 Å². The first-order valence-corrected chi connectivity index (χ1v) is 6.55. The predicted molar refractivity (Wildman–Crippen MR) is 72.9 cm³/mol. The summed E-state index contributed by atoms with van der Waals surface area (Å²) in [6, 6.07) is 6.17. The summed E-state index contributed by atoms with van der Waals surface area (Å²) in [7, 11) is 0. The molecule has 0 radical (unpaired) electrons. The Bertz CT molecular complexity index is 506.